The Bertz CT molecular complexity index is 251. The van der Waals surface area contributed by atoms with Crippen LogP contribution in [0.1, 0.15) is 43.6 Å². The summed E-state index contributed by atoms with van der Waals surface area (Å²) in [5.74, 6) is 0.789. The van der Waals surface area contributed by atoms with Gasteiger partial charge in [-0.25, -0.2) is 0 Å². The molecule has 0 spiro atoms. The van der Waals surface area contributed by atoms with Gasteiger partial charge in [-0.3, -0.25) is 5.10 Å². The number of hydrogen-bond acceptors (Lipinski definition) is 1. The molecule has 0 radical (unpaired) electrons. The van der Waals surface area contributed by atoms with Crippen molar-refractivity contribution in [3.8, 4) is 0 Å². The zero-order valence-electron chi connectivity index (χ0n) is 7.64. The van der Waals surface area contributed by atoms with Crippen LogP contribution in [0, 0.1) is 0 Å². The largest absolute Gasteiger partial charge is 0.286 e. The third-order valence-electron chi connectivity index (χ3n) is 2.92. The highest BCUT2D eigenvalue weighted by molar-refractivity contribution is 6.31. The lowest BCUT2D eigenvalue weighted by Gasteiger charge is -2.20. The van der Waals surface area contributed by atoms with Gasteiger partial charge in [0.05, 0.1) is 0 Å². The minimum Gasteiger partial charge on any atom is -0.286 e. The minimum absolute atomic E-state index is 0.789. The molecule has 0 atom stereocenters. The number of nitrogens with one attached hydrogen (secondary N) is 1. The molecular weight excluding hydrogens is 147 g/mol. The molecule has 64 valence electrons. The lowest BCUT2D eigenvalue weighted by molar-refractivity contribution is 0.445. The van der Waals surface area contributed by atoms with Crippen molar-refractivity contribution in [3.05, 3.63) is 11.8 Å². The molecule has 0 aliphatic heterocycles. The van der Waals surface area contributed by atoms with E-state index in [9.17, 15) is 0 Å². The van der Waals surface area contributed by atoms with Gasteiger partial charge in [0.1, 0.15) is 0 Å². The standard InChI is InChI=1S/C9H15BN2/c10-9-8(6-11-12-9)7-4-2-1-3-5-7/h6-7H,1-5,10H2,(H,11,12). The molecule has 0 aromatic carbocycles. The van der Waals surface area contributed by atoms with Crippen molar-refractivity contribution in [2.24, 2.45) is 0 Å². The molecule has 3 heteroatoms. The fourth-order valence-electron chi connectivity index (χ4n) is 2.19. The predicted molar refractivity (Wildman–Crippen MR) is 52.6 cm³/mol. The van der Waals surface area contributed by atoms with Crippen LogP contribution in [0.3, 0.4) is 0 Å². The molecule has 0 saturated heterocycles. The van der Waals surface area contributed by atoms with Crippen molar-refractivity contribution < 1.29 is 0 Å². The quantitative estimate of drug-likeness (QED) is 0.605. The molecule has 1 aromatic heterocycles. The molecular formula is C9H15BN2. The topological polar surface area (TPSA) is 28.7 Å². The molecule has 1 saturated carbocycles. The first-order valence-corrected chi connectivity index (χ1v) is 4.88. The number of aromatic amines is 1. The van der Waals surface area contributed by atoms with Crippen LogP contribution in [0.5, 0.6) is 0 Å². The smallest absolute Gasteiger partial charge is 0.166 e. The molecule has 1 aliphatic carbocycles. The fourth-order valence-corrected chi connectivity index (χ4v) is 2.19. The second kappa shape index (κ2) is 3.34. The summed E-state index contributed by atoms with van der Waals surface area (Å²) in [6.07, 6.45) is 9.02. The van der Waals surface area contributed by atoms with Crippen molar-refractivity contribution in [2.75, 3.05) is 0 Å². The van der Waals surface area contributed by atoms with E-state index in [0.717, 1.165) is 5.92 Å². The first kappa shape index (κ1) is 7.90. The van der Waals surface area contributed by atoms with Crippen LogP contribution in [-0.2, 0) is 0 Å². The van der Waals surface area contributed by atoms with E-state index >= 15 is 0 Å². The van der Waals surface area contributed by atoms with Crippen LogP contribution in [0.2, 0.25) is 0 Å². The van der Waals surface area contributed by atoms with Gasteiger partial charge in [0.25, 0.3) is 0 Å². The molecule has 0 amide bonds. The van der Waals surface area contributed by atoms with Gasteiger partial charge in [-0.1, -0.05) is 19.3 Å². The average molecular weight is 162 g/mol. The highest BCUT2D eigenvalue weighted by atomic mass is 15.1. The molecule has 1 aromatic rings. The summed E-state index contributed by atoms with van der Waals surface area (Å²) < 4.78 is 0. The summed E-state index contributed by atoms with van der Waals surface area (Å²) in [6.45, 7) is 0. The maximum Gasteiger partial charge on any atom is 0.166 e. The highest BCUT2D eigenvalue weighted by Crippen LogP contribution is 2.30. The summed E-state index contributed by atoms with van der Waals surface area (Å²) in [5.41, 5.74) is 2.65. The molecule has 1 fully saturated rings. The highest BCUT2D eigenvalue weighted by Gasteiger charge is 2.17. The third kappa shape index (κ3) is 1.40. The van der Waals surface area contributed by atoms with Crippen molar-refractivity contribution in [1.29, 1.82) is 0 Å². The molecule has 1 heterocycles. The van der Waals surface area contributed by atoms with Crippen LogP contribution in [0.15, 0.2) is 6.20 Å². The van der Waals surface area contributed by atoms with Crippen LogP contribution < -0.4 is 5.59 Å². The maximum atomic E-state index is 4.17. The van der Waals surface area contributed by atoms with E-state index in [1.165, 1.54) is 43.3 Å². The first-order chi connectivity index (χ1) is 5.88. The Morgan fingerprint density at radius 3 is 2.67 bits per heavy atom. The molecule has 2 rings (SSSR count). The van der Waals surface area contributed by atoms with Gasteiger partial charge in [-0.05, 0) is 24.3 Å². The third-order valence-corrected chi connectivity index (χ3v) is 2.92. The number of nitrogens with zero attached hydrogens (tertiary/aromatic N) is 1. The monoisotopic (exact) mass is 162 g/mol. The zero-order chi connectivity index (χ0) is 8.39. The average Bonchev–Trinajstić information content (AvgIpc) is 2.53. The summed E-state index contributed by atoms with van der Waals surface area (Å²) in [7, 11) is 2.10. The van der Waals surface area contributed by atoms with E-state index in [0.29, 0.717) is 0 Å². The number of rotatable bonds is 1. The van der Waals surface area contributed by atoms with Gasteiger partial charge in [0.15, 0.2) is 7.85 Å². The predicted octanol–water partition coefficient (Wildman–Crippen LogP) is 0.716. The second-order valence-corrected chi connectivity index (χ2v) is 3.76. The van der Waals surface area contributed by atoms with Gasteiger partial charge >= 0.3 is 0 Å². The Hall–Kier alpha value is -0.725. The van der Waals surface area contributed by atoms with Crippen LogP contribution >= 0.6 is 0 Å². The Kier molecular flexibility index (Phi) is 2.20. The first-order valence-electron chi connectivity index (χ1n) is 4.88. The van der Waals surface area contributed by atoms with E-state index in [1.807, 2.05) is 0 Å². The zero-order valence-corrected chi connectivity index (χ0v) is 7.64. The van der Waals surface area contributed by atoms with Gasteiger partial charge in [0.2, 0.25) is 0 Å². The fraction of sp³-hybridized carbons (Fsp3) is 0.667. The molecule has 2 nitrogen and oxygen atoms in total. The van der Waals surface area contributed by atoms with Crippen LogP contribution in [0.25, 0.3) is 0 Å². The normalized spacial score (nSPS) is 19.7. The molecule has 1 N–H and O–H groups in total. The van der Waals surface area contributed by atoms with Gasteiger partial charge in [-0.2, -0.15) is 5.10 Å². The maximum absolute atomic E-state index is 4.17. The van der Waals surface area contributed by atoms with E-state index in [2.05, 4.69) is 24.2 Å². The summed E-state index contributed by atoms with van der Waals surface area (Å²) in [4.78, 5) is 0. The SMILES string of the molecule is Bc1n[nH]cc1C1CCCCC1. The van der Waals surface area contributed by atoms with E-state index in [4.69, 9.17) is 0 Å². The number of H-pyrrole nitrogens is 1. The second-order valence-electron chi connectivity index (χ2n) is 3.76. The van der Waals surface area contributed by atoms with Gasteiger partial charge < -0.3 is 0 Å². The van der Waals surface area contributed by atoms with Crippen LogP contribution in [-0.4, -0.2) is 18.0 Å². The molecule has 0 unspecified atom stereocenters. The van der Waals surface area contributed by atoms with Crippen molar-refractivity contribution >= 4 is 13.4 Å². The summed E-state index contributed by atoms with van der Waals surface area (Å²) in [6, 6.07) is 0. The molecule has 12 heavy (non-hydrogen) atoms. The Morgan fingerprint density at radius 2 is 2.08 bits per heavy atom. The van der Waals surface area contributed by atoms with E-state index in [1.54, 1.807) is 0 Å². The summed E-state index contributed by atoms with van der Waals surface area (Å²) in [5, 5.41) is 7.11. The van der Waals surface area contributed by atoms with E-state index in [-0.39, 0.29) is 0 Å². The Balaban J connectivity index is 2.13. The lowest BCUT2D eigenvalue weighted by Crippen LogP contribution is -2.15. The summed E-state index contributed by atoms with van der Waals surface area (Å²) >= 11 is 0. The van der Waals surface area contributed by atoms with E-state index < -0.39 is 0 Å². The van der Waals surface area contributed by atoms with Crippen molar-refractivity contribution in [2.45, 2.75) is 38.0 Å². The lowest BCUT2D eigenvalue weighted by atomic mass is 9.81. The number of hydrogen-bond donors (Lipinski definition) is 1. The molecule has 1 aliphatic rings. The van der Waals surface area contributed by atoms with Crippen molar-refractivity contribution in [3.63, 3.8) is 0 Å². The number of aromatic nitrogens is 2. The van der Waals surface area contributed by atoms with Crippen molar-refractivity contribution in [1.82, 2.24) is 10.2 Å². The van der Waals surface area contributed by atoms with Gasteiger partial charge in [0, 0.05) is 11.8 Å². The Labute approximate surface area is 74.2 Å². The van der Waals surface area contributed by atoms with Gasteiger partial charge in [-0.15, -0.1) is 0 Å². The van der Waals surface area contributed by atoms with Crippen LogP contribution in [0.4, 0.5) is 0 Å². The Morgan fingerprint density at radius 1 is 1.33 bits per heavy atom. The minimum atomic E-state index is 0.789. The molecule has 0 bridgehead atoms.